The van der Waals surface area contributed by atoms with Gasteiger partial charge in [-0.2, -0.15) is 13.9 Å². The van der Waals surface area contributed by atoms with Gasteiger partial charge in [-0.05, 0) is 29.3 Å². The van der Waals surface area contributed by atoms with Crippen molar-refractivity contribution in [3.05, 3.63) is 66.0 Å². The summed E-state index contributed by atoms with van der Waals surface area (Å²) in [7, 11) is 3.62. The molecule has 0 saturated carbocycles. The number of aliphatic imine (C=N–C) groups is 1. The van der Waals surface area contributed by atoms with Gasteiger partial charge in [0.2, 0.25) is 0 Å². The van der Waals surface area contributed by atoms with E-state index in [9.17, 15) is 8.78 Å². The molecule has 3 aromatic rings. The second-order valence-corrected chi connectivity index (χ2v) is 6.31. The van der Waals surface area contributed by atoms with Crippen LogP contribution in [0, 0.1) is 0 Å². The van der Waals surface area contributed by atoms with E-state index in [4.69, 9.17) is 0 Å². The van der Waals surface area contributed by atoms with Crippen LogP contribution in [-0.2, 0) is 13.1 Å². The average molecular weight is 400 g/mol. The third-order valence-corrected chi connectivity index (χ3v) is 4.21. The van der Waals surface area contributed by atoms with Crippen molar-refractivity contribution in [3.63, 3.8) is 0 Å². The number of hydrogen-bond acceptors (Lipinski definition) is 4. The fourth-order valence-corrected chi connectivity index (χ4v) is 2.86. The number of H-pyrrole nitrogens is 1. The maximum Gasteiger partial charge on any atom is 0.387 e. The Morgan fingerprint density at radius 1 is 1.21 bits per heavy atom. The van der Waals surface area contributed by atoms with E-state index >= 15 is 0 Å². The number of aromatic amines is 1. The van der Waals surface area contributed by atoms with Crippen molar-refractivity contribution in [2.45, 2.75) is 19.7 Å². The lowest BCUT2D eigenvalue weighted by Gasteiger charge is -2.22. The number of nitrogens with one attached hydrogen (secondary N) is 2. The van der Waals surface area contributed by atoms with Crippen molar-refractivity contribution < 1.29 is 13.5 Å². The van der Waals surface area contributed by atoms with Crippen LogP contribution in [0.25, 0.3) is 11.4 Å². The molecule has 0 radical (unpaired) electrons. The quantitative estimate of drug-likeness (QED) is 0.470. The first-order valence-electron chi connectivity index (χ1n) is 8.95. The van der Waals surface area contributed by atoms with Gasteiger partial charge in [-0.15, -0.1) is 0 Å². The number of nitrogens with zero attached hydrogens (tertiary/aromatic N) is 4. The van der Waals surface area contributed by atoms with E-state index in [1.54, 1.807) is 19.2 Å². The number of aromatic nitrogens is 3. The predicted octanol–water partition coefficient (Wildman–Crippen LogP) is 3.28. The van der Waals surface area contributed by atoms with Crippen LogP contribution in [0.5, 0.6) is 5.75 Å². The molecule has 3 rings (SSSR count). The number of guanidine groups is 1. The SMILES string of the molecule is CN=C(NCc1cccc(-c2ncn[nH]2)c1)N(C)Cc1ccc(OC(F)F)cc1. The third-order valence-electron chi connectivity index (χ3n) is 4.21. The highest BCUT2D eigenvalue weighted by Crippen LogP contribution is 2.17. The first-order valence-corrected chi connectivity index (χ1v) is 8.95. The van der Waals surface area contributed by atoms with Crippen molar-refractivity contribution in [1.82, 2.24) is 25.4 Å². The van der Waals surface area contributed by atoms with E-state index in [-0.39, 0.29) is 5.75 Å². The number of benzene rings is 2. The molecule has 7 nitrogen and oxygen atoms in total. The largest absolute Gasteiger partial charge is 0.435 e. The molecule has 2 aromatic carbocycles. The van der Waals surface area contributed by atoms with Crippen LogP contribution < -0.4 is 10.1 Å². The van der Waals surface area contributed by atoms with Crippen molar-refractivity contribution in [2.75, 3.05) is 14.1 Å². The average Bonchev–Trinajstić information content (AvgIpc) is 3.25. The van der Waals surface area contributed by atoms with Crippen molar-refractivity contribution in [3.8, 4) is 17.1 Å². The Kier molecular flexibility index (Phi) is 6.72. The number of halogens is 2. The van der Waals surface area contributed by atoms with Gasteiger partial charge >= 0.3 is 6.61 Å². The molecular formula is C20H22F2N6O. The van der Waals surface area contributed by atoms with Gasteiger partial charge in [0.1, 0.15) is 12.1 Å². The molecular weight excluding hydrogens is 378 g/mol. The minimum atomic E-state index is -2.82. The maximum absolute atomic E-state index is 12.2. The van der Waals surface area contributed by atoms with Crippen LogP contribution in [0.2, 0.25) is 0 Å². The molecule has 1 aromatic heterocycles. The molecule has 9 heteroatoms. The first-order chi connectivity index (χ1) is 14.0. The minimum absolute atomic E-state index is 0.139. The summed E-state index contributed by atoms with van der Waals surface area (Å²) in [5, 5.41) is 10.0. The smallest absolute Gasteiger partial charge is 0.387 e. The first kappa shape index (κ1) is 20.2. The minimum Gasteiger partial charge on any atom is -0.435 e. The molecule has 0 aliphatic carbocycles. The summed E-state index contributed by atoms with van der Waals surface area (Å²) in [6, 6.07) is 14.5. The molecule has 0 fully saturated rings. The fraction of sp³-hybridized carbons (Fsp3) is 0.250. The van der Waals surface area contributed by atoms with Gasteiger partial charge in [0, 0.05) is 32.7 Å². The van der Waals surface area contributed by atoms with E-state index in [2.05, 4.69) is 30.2 Å². The van der Waals surface area contributed by atoms with E-state index in [1.165, 1.54) is 18.5 Å². The van der Waals surface area contributed by atoms with Gasteiger partial charge in [0.05, 0.1) is 0 Å². The molecule has 0 bridgehead atoms. The van der Waals surface area contributed by atoms with Crippen LogP contribution in [0.4, 0.5) is 8.78 Å². The van der Waals surface area contributed by atoms with E-state index < -0.39 is 6.61 Å². The molecule has 0 amide bonds. The van der Waals surface area contributed by atoms with Crippen LogP contribution >= 0.6 is 0 Å². The molecule has 0 aliphatic rings. The Bertz CT molecular complexity index is 928. The molecule has 2 N–H and O–H groups in total. The fourth-order valence-electron chi connectivity index (χ4n) is 2.86. The van der Waals surface area contributed by atoms with Crippen LogP contribution in [-0.4, -0.2) is 46.7 Å². The number of rotatable bonds is 7. The van der Waals surface area contributed by atoms with Crippen molar-refractivity contribution in [2.24, 2.45) is 4.99 Å². The van der Waals surface area contributed by atoms with Crippen LogP contribution in [0.1, 0.15) is 11.1 Å². The van der Waals surface area contributed by atoms with Gasteiger partial charge in [-0.1, -0.05) is 30.3 Å². The normalized spacial score (nSPS) is 11.6. The highest BCUT2D eigenvalue weighted by Gasteiger charge is 2.09. The molecule has 0 spiro atoms. The second-order valence-electron chi connectivity index (χ2n) is 6.31. The van der Waals surface area contributed by atoms with Gasteiger partial charge in [0.25, 0.3) is 0 Å². The topological polar surface area (TPSA) is 78.4 Å². The molecule has 1 heterocycles. The molecule has 0 saturated heterocycles. The van der Waals surface area contributed by atoms with E-state index in [0.29, 0.717) is 24.9 Å². The molecule has 0 unspecified atom stereocenters. The Labute approximate surface area is 167 Å². The third kappa shape index (κ3) is 5.74. The zero-order valence-electron chi connectivity index (χ0n) is 16.1. The summed E-state index contributed by atoms with van der Waals surface area (Å²) < 4.78 is 28.9. The van der Waals surface area contributed by atoms with E-state index in [1.807, 2.05) is 36.2 Å². The monoisotopic (exact) mass is 400 g/mol. The highest BCUT2D eigenvalue weighted by atomic mass is 19.3. The summed E-state index contributed by atoms with van der Waals surface area (Å²) in [6.07, 6.45) is 1.48. The number of ether oxygens (including phenoxy) is 1. The van der Waals surface area contributed by atoms with Gasteiger partial charge < -0.3 is 15.0 Å². The van der Waals surface area contributed by atoms with Crippen molar-refractivity contribution >= 4 is 5.96 Å². The Morgan fingerprint density at radius 3 is 2.66 bits per heavy atom. The zero-order valence-corrected chi connectivity index (χ0v) is 16.1. The van der Waals surface area contributed by atoms with E-state index in [0.717, 1.165) is 16.7 Å². The predicted molar refractivity (Wildman–Crippen MR) is 107 cm³/mol. The standard InChI is InChI=1S/C20H22F2N6O/c1-23-20(28(2)12-14-6-8-17(9-7-14)29-19(21)22)24-11-15-4-3-5-16(10-15)18-25-13-26-27-18/h3-10,13,19H,11-12H2,1-2H3,(H,23,24)(H,25,26,27). The summed E-state index contributed by atoms with van der Waals surface area (Å²) >= 11 is 0. The molecule has 0 aliphatic heterocycles. The lowest BCUT2D eigenvalue weighted by atomic mass is 10.1. The number of alkyl halides is 2. The Hall–Kier alpha value is -3.49. The second kappa shape index (κ2) is 9.63. The van der Waals surface area contributed by atoms with Gasteiger partial charge in [-0.3, -0.25) is 10.1 Å². The lowest BCUT2D eigenvalue weighted by molar-refractivity contribution is -0.0498. The Morgan fingerprint density at radius 2 is 2.00 bits per heavy atom. The van der Waals surface area contributed by atoms with Gasteiger partial charge in [0.15, 0.2) is 11.8 Å². The van der Waals surface area contributed by atoms with Gasteiger partial charge in [-0.25, -0.2) is 4.98 Å². The zero-order chi connectivity index (χ0) is 20.6. The summed E-state index contributed by atoms with van der Waals surface area (Å²) in [5.41, 5.74) is 2.97. The molecule has 29 heavy (non-hydrogen) atoms. The number of hydrogen-bond donors (Lipinski definition) is 2. The molecule has 0 atom stereocenters. The Balaban J connectivity index is 1.58. The van der Waals surface area contributed by atoms with Crippen LogP contribution in [0.15, 0.2) is 59.9 Å². The maximum atomic E-state index is 12.2. The van der Waals surface area contributed by atoms with Crippen LogP contribution in [0.3, 0.4) is 0 Å². The van der Waals surface area contributed by atoms with Crippen molar-refractivity contribution in [1.29, 1.82) is 0 Å². The summed E-state index contributed by atoms with van der Waals surface area (Å²) in [6.45, 7) is -1.68. The summed E-state index contributed by atoms with van der Waals surface area (Å²) in [5.74, 6) is 1.57. The highest BCUT2D eigenvalue weighted by molar-refractivity contribution is 5.79. The molecule has 152 valence electrons. The summed E-state index contributed by atoms with van der Waals surface area (Å²) in [4.78, 5) is 10.4. The lowest BCUT2D eigenvalue weighted by Crippen LogP contribution is -2.38.